The number of anilines is 1. The lowest BCUT2D eigenvalue weighted by atomic mass is 10.2. The van der Waals surface area contributed by atoms with E-state index in [-0.39, 0.29) is 24.4 Å². The molecule has 5 nitrogen and oxygen atoms in total. The summed E-state index contributed by atoms with van der Waals surface area (Å²) in [6.07, 6.45) is 1.63. The number of nitrogens with one attached hydrogen (secondary N) is 2. The number of carbonyl (C=O) groups excluding carboxylic acids is 2. The number of carbonyl (C=O) groups is 2. The van der Waals surface area contributed by atoms with E-state index in [0.29, 0.717) is 6.54 Å². The Bertz CT molecular complexity index is 502. The molecule has 0 bridgehead atoms. The Labute approximate surface area is 119 Å². The maximum atomic E-state index is 12.2. The Balaban J connectivity index is 1.93. The van der Waals surface area contributed by atoms with Crippen molar-refractivity contribution in [3.05, 3.63) is 29.8 Å². The van der Waals surface area contributed by atoms with Crippen LogP contribution in [0.25, 0.3) is 0 Å². The topological polar surface area (TPSA) is 61.4 Å². The van der Waals surface area contributed by atoms with E-state index in [1.807, 2.05) is 31.2 Å². The van der Waals surface area contributed by atoms with Crippen molar-refractivity contribution < 1.29 is 9.59 Å². The minimum absolute atomic E-state index is 0.0300. The highest BCUT2D eigenvalue weighted by atomic mass is 16.2. The third kappa shape index (κ3) is 3.29. The van der Waals surface area contributed by atoms with Crippen molar-refractivity contribution in [3.63, 3.8) is 0 Å². The van der Waals surface area contributed by atoms with Crippen LogP contribution in [0.4, 0.5) is 5.69 Å². The van der Waals surface area contributed by atoms with Crippen molar-refractivity contribution in [1.29, 1.82) is 0 Å². The minimum Gasteiger partial charge on any atom is -0.376 e. The van der Waals surface area contributed by atoms with Crippen molar-refractivity contribution in [3.8, 4) is 0 Å². The van der Waals surface area contributed by atoms with E-state index in [1.54, 1.807) is 11.9 Å². The van der Waals surface area contributed by atoms with Crippen LogP contribution in [0, 0.1) is 6.92 Å². The summed E-state index contributed by atoms with van der Waals surface area (Å²) in [7, 11) is 1.61. The van der Waals surface area contributed by atoms with Gasteiger partial charge in [-0.15, -0.1) is 0 Å². The number of aryl methyl sites for hydroxylation is 1. The van der Waals surface area contributed by atoms with Crippen molar-refractivity contribution in [2.24, 2.45) is 0 Å². The normalized spacial score (nSPS) is 17.9. The van der Waals surface area contributed by atoms with Crippen molar-refractivity contribution in [2.45, 2.75) is 25.8 Å². The van der Waals surface area contributed by atoms with Gasteiger partial charge in [-0.1, -0.05) is 12.1 Å². The van der Waals surface area contributed by atoms with Crippen LogP contribution in [0.3, 0.4) is 0 Å². The lowest BCUT2D eigenvalue weighted by Crippen LogP contribution is -2.46. The predicted octanol–water partition coefficient (Wildman–Crippen LogP) is 1.14. The molecular formula is C15H21N3O2. The Hall–Kier alpha value is -2.04. The van der Waals surface area contributed by atoms with Gasteiger partial charge in [-0.25, -0.2) is 0 Å². The van der Waals surface area contributed by atoms with Crippen LogP contribution in [0.15, 0.2) is 24.3 Å². The molecule has 1 aliphatic heterocycles. The maximum Gasteiger partial charge on any atom is 0.242 e. The van der Waals surface area contributed by atoms with Crippen LogP contribution in [-0.4, -0.2) is 42.9 Å². The van der Waals surface area contributed by atoms with Gasteiger partial charge < -0.3 is 15.5 Å². The summed E-state index contributed by atoms with van der Waals surface area (Å²) < 4.78 is 0. The van der Waals surface area contributed by atoms with Gasteiger partial charge in [0, 0.05) is 19.3 Å². The fourth-order valence-corrected chi connectivity index (χ4v) is 2.54. The summed E-state index contributed by atoms with van der Waals surface area (Å²) in [5, 5.41) is 5.74. The zero-order valence-corrected chi connectivity index (χ0v) is 12.0. The van der Waals surface area contributed by atoms with E-state index in [2.05, 4.69) is 10.6 Å². The van der Waals surface area contributed by atoms with Gasteiger partial charge in [0.1, 0.15) is 6.04 Å². The molecule has 2 amide bonds. The first-order valence-electron chi connectivity index (χ1n) is 6.93. The number of likely N-dealkylation sites (N-methyl/N-ethyl adjacent to an activating group) is 1. The molecule has 1 unspecified atom stereocenters. The standard InChI is InChI=1S/C15H21N3O2/c1-11-5-3-6-12(9-11)17-10-14(19)18-8-4-7-13(18)15(20)16-2/h3,5-6,9,13,17H,4,7-8,10H2,1-2H3,(H,16,20). The van der Waals surface area contributed by atoms with Crippen LogP contribution >= 0.6 is 0 Å². The summed E-state index contributed by atoms with van der Waals surface area (Å²) in [6.45, 7) is 2.89. The van der Waals surface area contributed by atoms with Gasteiger partial charge >= 0.3 is 0 Å². The van der Waals surface area contributed by atoms with Crippen molar-refractivity contribution >= 4 is 17.5 Å². The summed E-state index contributed by atoms with van der Waals surface area (Å²) in [5.74, 6) is -0.107. The maximum absolute atomic E-state index is 12.2. The predicted molar refractivity (Wildman–Crippen MR) is 78.5 cm³/mol. The van der Waals surface area contributed by atoms with Crippen LogP contribution < -0.4 is 10.6 Å². The first-order chi connectivity index (χ1) is 9.61. The number of benzene rings is 1. The zero-order valence-electron chi connectivity index (χ0n) is 12.0. The number of amides is 2. The second-order valence-electron chi connectivity index (χ2n) is 5.08. The number of hydrogen-bond acceptors (Lipinski definition) is 3. The number of rotatable bonds is 4. The van der Waals surface area contributed by atoms with Crippen LogP contribution in [-0.2, 0) is 9.59 Å². The second kappa shape index (κ2) is 6.41. The third-order valence-corrected chi connectivity index (χ3v) is 3.58. The fourth-order valence-electron chi connectivity index (χ4n) is 2.54. The van der Waals surface area contributed by atoms with Gasteiger partial charge in [0.05, 0.1) is 6.54 Å². The van der Waals surface area contributed by atoms with E-state index in [0.717, 1.165) is 24.1 Å². The molecule has 2 N–H and O–H groups in total. The molecule has 0 aromatic heterocycles. The van der Waals surface area contributed by atoms with Crippen LogP contribution in [0.1, 0.15) is 18.4 Å². The quantitative estimate of drug-likeness (QED) is 0.866. The first-order valence-corrected chi connectivity index (χ1v) is 6.93. The Morgan fingerprint density at radius 2 is 2.20 bits per heavy atom. The average molecular weight is 275 g/mol. The van der Waals surface area contributed by atoms with E-state index in [9.17, 15) is 9.59 Å². The molecule has 20 heavy (non-hydrogen) atoms. The fraction of sp³-hybridized carbons (Fsp3) is 0.467. The Kier molecular flexibility index (Phi) is 4.61. The lowest BCUT2D eigenvalue weighted by molar-refractivity contribution is -0.136. The van der Waals surface area contributed by atoms with Crippen molar-refractivity contribution in [1.82, 2.24) is 10.2 Å². The molecule has 1 aromatic rings. The van der Waals surface area contributed by atoms with E-state index >= 15 is 0 Å². The van der Waals surface area contributed by atoms with Gasteiger partial charge in [-0.05, 0) is 37.5 Å². The molecule has 0 aliphatic carbocycles. The molecule has 0 saturated carbocycles. The van der Waals surface area contributed by atoms with Crippen LogP contribution in [0.5, 0.6) is 0 Å². The molecule has 5 heteroatoms. The van der Waals surface area contributed by atoms with Gasteiger partial charge in [0.15, 0.2) is 0 Å². The van der Waals surface area contributed by atoms with Gasteiger partial charge in [-0.3, -0.25) is 9.59 Å². The molecule has 1 atom stereocenters. The average Bonchev–Trinajstić information content (AvgIpc) is 2.93. The van der Waals surface area contributed by atoms with E-state index < -0.39 is 0 Å². The van der Waals surface area contributed by atoms with Gasteiger partial charge in [0.2, 0.25) is 11.8 Å². The number of nitrogens with zero attached hydrogens (tertiary/aromatic N) is 1. The number of hydrogen-bond donors (Lipinski definition) is 2. The van der Waals surface area contributed by atoms with E-state index in [4.69, 9.17) is 0 Å². The first kappa shape index (κ1) is 14.4. The smallest absolute Gasteiger partial charge is 0.242 e. The number of likely N-dealkylation sites (tertiary alicyclic amines) is 1. The molecule has 1 aliphatic rings. The highest BCUT2D eigenvalue weighted by Gasteiger charge is 2.33. The largest absolute Gasteiger partial charge is 0.376 e. The highest BCUT2D eigenvalue weighted by molar-refractivity contribution is 5.89. The van der Waals surface area contributed by atoms with Gasteiger partial charge in [-0.2, -0.15) is 0 Å². The molecule has 0 spiro atoms. The molecule has 1 saturated heterocycles. The SMILES string of the molecule is CNC(=O)C1CCCN1C(=O)CNc1cccc(C)c1. The Morgan fingerprint density at radius 1 is 1.40 bits per heavy atom. The molecule has 2 rings (SSSR count). The molecule has 108 valence electrons. The molecule has 0 radical (unpaired) electrons. The van der Waals surface area contributed by atoms with E-state index in [1.165, 1.54) is 0 Å². The molecule has 1 fully saturated rings. The molecule has 1 heterocycles. The summed E-state index contributed by atoms with van der Waals surface area (Å²) >= 11 is 0. The van der Waals surface area contributed by atoms with Crippen molar-refractivity contribution in [2.75, 3.05) is 25.5 Å². The lowest BCUT2D eigenvalue weighted by Gasteiger charge is -2.23. The summed E-state index contributed by atoms with van der Waals surface area (Å²) in [6, 6.07) is 7.57. The summed E-state index contributed by atoms with van der Waals surface area (Å²) in [4.78, 5) is 25.6. The Morgan fingerprint density at radius 3 is 2.90 bits per heavy atom. The minimum atomic E-state index is -0.313. The molecular weight excluding hydrogens is 254 g/mol. The highest BCUT2D eigenvalue weighted by Crippen LogP contribution is 2.18. The second-order valence-corrected chi connectivity index (χ2v) is 5.08. The molecule has 1 aromatic carbocycles. The monoisotopic (exact) mass is 275 g/mol. The summed E-state index contributed by atoms with van der Waals surface area (Å²) in [5.41, 5.74) is 2.07. The third-order valence-electron chi connectivity index (χ3n) is 3.58. The van der Waals surface area contributed by atoms with Gasteiger partial charge in [0.25, 0.3) is 0 Å². The zero-order chi connectivity index (χ0) is 14.5. The van der Waals surface area contributed by atoms with Crippen LogP contribution in [0.2, 0.25) is 0 Å².